The maximum Gasteiger partial charge on any atom is 0.237 e. The molecule has 0 aliphatic heterocycles. The lowest BCUT2D eigenvalue weighted by Crippen LogP contribution is -2.48. The van der Waals surface area contributed by atoms with Crippen LogP contribution in [0.3, 0.4) is 0 Å². The number of nitrogens with one attached hydrogen (secondary N) is 1. The van der Waals surface area contributed by atoms with Crippen LogP contribution in [0.1, 0.15) is 40.0 Å². The molecule has 0 aromatic heterocycles. The van der Waals surface area contributed by atoms with E-state index in [9.17, 15) is 9.59 Å². The Kier molecular flexibility index (Phi) is 6.96. The highest BCUT2D eigenvalue weighted by atomic mass is 16.2. The molecule has 3 N–H and O–H groups in total. The van der Waals surface area contributed by atoms with Gasteiger partial charge in [0.1, 0.15) is 0 Å². The highest BCUT2D eigenvalue weighted by molar-refractivity contribution is 5.84. The summed E-state index contributed by atoms with van der Waals surface area (Å²) in [5.74, 6) is -0.134. The van der Waals surface area contributed by atoms with Gasteiger partial charge < -0.3 is 11.1 Å². The van der Waals surface area contributed by atoms with Crippen LogP contribution in [0.25, 0.3) is 0 Å². The molecule has 3 unspecified atom stereocenters. The van der Waals surface area contributed by atoms with E-state index in [1.807, 2.05) is 27.1 Å². The summed E-state index contributed by atoms with van der Waals surface area (Å²) in [5.41, 5.74) is 5.73. The molecule has 15 heavy (non-hydrogen) atoms. The van der Waals surface area contributed by atoms with Crippen LogP contribution in [0.4, 0.5) is 0 Å². The summed E-state index contributed by atoms with van der Waals surface area (Å²) in [7, 11) is 0. The minimum absolute atomic E-state index is 0.124. The fourth-order valence-corrected chi connectivity index (χ4v) is 1.23. The Hall–Kier alpha value is -0.900. The van der Waals surface area contributed by atoms with Crippen molar-refractivity contribution in [2.75, 3.05) is 0 Å². The predicted octanol–water partition coefficient (Wildman–Crippen LogP) is 0.754. The SMILES string of the molecule is CCCC([C]=O)NC(=O)C(N)C(C)CC. The molecule has 0 bridgehead atoms. The van der Waals surface area contributed by atoms with Gasteiger partial charge in [0, 0.05) is 0 Å². The molecular weight excluding hydrogens is 192 g/mol. The number of carbonyl (C=O) groups is 1. The molecule has 87 valence electrons. The lowest BCUT2D eigenvalue weighted by Gasteiger charge is -2.19. The van der Waals surface area contributed by atoms with E-state index in [1.54, 1.807) is 0 Å². The standard InChI is InChI=1S/C11H21N2O2/c1-4-6-9(7-14)13-11(15)10(12)8(3)5-2/h8-10H,4-6,12H2,1-3H3,(H,13,15). The minimum Gasteiger partial charge on any atom is -0.344 e. The van der Waals surface area contributed by atoms with Gasteiger partial charge in [-0.25, -0.2) is 0 Å². The van der Waals surface area contributed by atoms with Crippen molar-refractivity contribution in [2.24, 2.45) is 11.7 Å². The Morgan fingerprint density at radius 3 is 2.47 bits per heavy atom. The van der Waals surface area contributed by atoms with Gasteiger partial charge in [-0.3, -0.25) is 9.59 Å². The van der Waals surface area contributed by atoms with E-state index in [1.165, 1.54) is 0 Å². The first-order valence-electron chi connectivity index (χ1n) is 5.50. The van der Waals surface area contributed by atoms with Crippen LogP contribution in [0.5, 0.6) is 0 Å². The molecule has 0 spiro atoms. The summed E-state index contributed by atoms with van der Waals surface area (Å²) >= 11 is 0. The number of rotatable bonds is 7. The molecule has 1 amide bonds. The maximum atomic E-state index is 11.6. The number of carbonyl (C=O) groups excluding carboxylic acids is 2. The second-order valence-electron chi connectivity index (χ2n) is 3.88. The highest BCUT2D eigenvalue weighted by Crippen LogP contribution is 2.05. The van der Waals surface area contributed by atoms with Gasteiger partial charge in [0.2, 0.25) is 12.2 Å². The van der Waals surface area contributed by atoms with E-state index in [-0.39, 0.29) is 11.8 Å². The average molecular weight is 213 g/mol. The second kappa shape index (κ2) is 7.40. The molecule has 0 rings (SSSR count). The fraction of sp³-hybridized carbons (Fsp3) is 0.818. The van der Waals surface area contributed by atoms with Crippen LogP contribution in [0.15, 0.2) is 0 Å². The molecule has 1 radical (unpaired) electrons. The van der Waals surface area contributed by atoms with Crippen molar-refractivity contribution in [3.63, 3.8) is 0 Å². The third-order valence-corrected chi connectivity index (χ3v) is 2.60. The first-order valence-corrected chi connectivity index (χ1v) is 5.50. The lowest BCUT2D eigenvalue weighted by molar-refractivity contribution is -0.123. The van der Waals surface area contributed by atoms with Crippen LogP contribution >= 0.6 is 0 Å². The van der Waals surface area contributed by atoms with Gasteiger partial charge in [-0.1, -0.05) is 33.6 Å². The summed E-state index contributed by atoms with van der Waals surface area (Å²) in [6.07, 6.45) is 4.10. The van der Waals surface area contributed by atoms with Crippen LogP contribution in [-0.4, -0.2) is 24.3 Å². The number of nitrogens with two attached hydrogens (primary N) is 1. The van der Waals surface area contributed by atoms with Gasteiger partial charge in [0.25, 0.3) is 0 Å². The fourth-order valence-electron chi connectivity index (χ4n) is 1.23. The second-order valence-corrected chi connectivity index (χ2v) is 3.88. The monoisotopic (exact) mass is 213 g/mol. The molecule has 0 fully saturated rings. The Morgan fingerprint density at radius 2 is 2.07 bits per heavy atom. The zero-order valence-corrected chi connectivity index (χ0v) is 9.75. The van der Waals surface area contributed by atoms with Gasteiger partial charge in [0.05, 0.1) is 12.1 Å². The van der Waals surface area contributed by atoms with Crippen LogP contribution < -0.4 is 11.1 Å². The zero-order chi connectivity index (χ0) is 11.8. The molecular formula is C11H21N2O2. The zero-order valence-electron chi connectivity index (χ0n) is 9.75. The summed E-state index contributed by atoms with van der Waals surface area (Å²) in [4.78, 5) is 22.1. The summed E-state index contributed by atoms with van der Waals surface area (Å²) in [6, 6.07) is -1.06. The van der Waals surface area contributed by atoms with Gasteiger partial charge >= 0.3 is 0 Å². The van der Waals surface area contributed by atoms with E-state index in [2.05, 4.69) is 5.32 Å². The Bertz CT molecular complexity index is 207. The first kappa shape index (κ1) is 14.1. The summed E-state index contributed by atoms with van der Waals surface area (Å²) in [6.45, 7) is 5.85. The van der Waals surface area contributed by atoms with E-state index in [0.717, 1.165) is 12.8 Å². The maximum absolute atomic E-state index is 11.6. The molecule has 4 nitrogen and oxygen atoms in total. The average Bonchev–Trinajstić information content (AvgIpc) is 2.26. The van der Waals surface area contributed by atoms with Crippen LogP contribution in [-0.2, 0) is 9.59 Å². The molecule has 0 heterocycles. The quantitative estimate of drug-likeness (QED) is 0.655. The summed E-state index contributed by atoms with van der Waals surface area (Å²) in [5, 5.41) is 2.60. The normalized spacial score (nSPS) is 16.5. The molecule has 0 aliphatic carbocycles. The van der Waals surface area contributed by atoms with Crippen molar-refractivity contribution in [1.82, 2.24) is 5.32 Å². The predicted molar refractivity (Wildman–Crippen MR) is 60.0 cm³/mol. The van der Waals surface area contributed by atoms with Gasteiger partial charge in [-0.05, 0) is 12.3 Å². The van der Waals surface area contributed by atoms with Gasteiger partial charge in [-0.2, -0.15) is 0 Å². The molecule has 0 saturated heterocycles. The van der Waals surface area contributed by atoms with Gasteiger partial charge in [-0.15, -0.1) is 0 Å². The first-order chi connectivity index (χ1) is 7.06. The largest absolute Gasteiger partial charge is 0.344 e. The van der Waals surface area contributed by atoms with E-state index >= 15 is 0 Å². The van der Waals surface area contributed by atoms with Crippen molar-refractivity contribution in [2.45, 2.75) is 52.1 Å². The Morgan fingerprint density at radius 1 is 1.47 bits per heavy atom. The van der Waals surface area contributed by atoms with Crippen molar-refractivity contribution >= 4 is 12.2 Å². The molecule has 3 atom stereocenters. The lowest BCUT2D eigenvalue weighted by atomic mass is 9.99. The third kappa shape index (κ3) is 4.93. The van der Waals surface area contributed by atoms with Gasteiger partial charge in [0.15, 0.2) is 0 Å². The molecule has 4 heteroatoms. The molecule has 0 aliphatic rings. The molecule has 0 aromatic rings. The Labute approximate surface area is 91.6 Å². The molecule has 0 aromatic carbocycles. The smallest absolute Gasteiger partial charge is 0.237 e. The minimum atomic E-state index is -0.539. The number of amides is 1. The van der Waals surface area contributed by atoms with Crippen molar-refractivity contribution in [3.8, 4) is 0 Å². The molecule has 0 saturated carbocycles. The van der Waals surface area contributed by atoms with Crippen LogP contribution in [0.2, 0.25) is 0 Å². The van der Waals surface area contributed by atoms with E-state index in [4.69, 9.17) is 5.73 Å². The van der Waals surface area contributed by atoms with Crippen molar-refractivity contribution in [1.29, 1.82) is 0 Å². The van der Waals surface area contributed by atoms with E-state index < -0.39 is 12.1 Å². The van der Waals surface area contributed by atoms with Crippen molar-refractivity contribution in [3.05, 3.63) is 0 Å². The third-order valence-electron chi connectivity index (χ3n) is 2.60. The Balaban J connectivity index is 4.15. The summed E-state index contributed by atoms with van der Waals surface area (Å²) < 4.78 is 0. The highest BCUT2D eigenvalue weighted by Gasteiger charge is 2.21. The van der Waals surface area contributed by atoms with Crippen LogP contribution in [0, 0.1) is 5.92 Å². The number of hydrogen-bond donors (Lipinski definition) is 2. The number of hydrogen-bond acceptors (Lipinski definition) is 3. The van der Waals surface area contributed by atoms with Crippen molar-refractivity contribution < 1.29 is 9.59 Å². The van der Waals surface area contributed by atoms with E-state index in [0.29, 0.717) is 6.42 Å². The topological polar surface area (TPSA) is 72.2 Å².